The van der Waals surface area contributed by atoms with E-state index in [9.17, 15) is 9.59 Å². The summed E-state index contributed by atoms with van der Waals surface area (Å²) in [5, 5.41) is 5.94. The van der Waals surface area contributed by atoms with E-state index in [1.807, 2.05) is 20.8 Å². The van der Waals surface area contributed by atoms with Gasteiger partial charge >= 0.3 is 0 Å². The predicted molar refractivity (Wildman–Crippen MR) is 120 cm³/mol. The van der Waals surface area contributed by atoms with Crippen molar-refractivity contribution in [1.82, 2.24) is 20.4 Å². The molecule has 1 aromatic rings. The average Bonchev–Trinajstić information content (AvgIpc) is 3.18. The monoisotopic (exact) mass is 414 g/mol. The number of amides is 2. The van der Waals surface area contributed by atoms with E-state index in [1.54, 1.807) is 7.05 Å². The van der Waals surface area contributed by atoms with Crippen LogP contribution in [0, 0.1) is 11.8 Å². The summed E-state index contributed by atoms with van der Waals surface area (Å²) in [5.41, 5.74) is 1.36. The molecule has 0 saturated carbocycles. The molecule has 2 heterocycles. The average molecular weight is 415 g/mol. The van der Waals surface area contributed by atoms with Crippen LogP contribution in [0.25, 0.3) is 0 Å². The molecule has 0 aliphatic carbocycles. The third-order valence-corrected chi connectivity index (χ3v) is 6.85. The highest BCUT2D eigenvalue weighted by atomic mass is 16.2. The zero-order chi connectivity index (χ0) is 21.7. The van der Waals surface area contributed by atoms with Crippen molar-refractivity contribution in [2.45, 2.75) is 58.2 Å². The van der Waals surface area contributed by atoms with Crippen molar-refractivity contribution in [2.75, 3.05) is 33.2 Å². The lowest BCUT2D eigenvalue weighted by Gasteiger charge is -2.40. The van der Waals surface area contributed by atoms with E-state index >= 15 is 0 Å². The largest absolute Gasteiger partial charge is 0.343 e. The molecule has 2 aliphatic heterocycles. The Morgan fingerprint density at radius 3 is 2.47 bits per heavy atom. The standard InChI is InChI=1S/C24H38N4O2/c1-17(2)22(26-23(29)18(3)25-4)24(30)28-15-12-20-11-14-27(16-21(20)28)13-10-19-8-6-5-7-9-19/h5-9,17-18,20-22,25H,10-16H2,1-4H3,(H,26,29)/t18?,20-,21-,22-/m0/s1. The van der Waals surface area contributed by atoms with Crippen LogP contribution in [0.2, 0.25) is 0 Å². The van der Waals surface area contributed by atoms with E-state index in [0.717, 1.165) is 45.4 Å². The van der Waals surface area contributed by atoms with Gasteiger partial charge in [-0.25, -0.2) is 0 Å². The van der Waals surface area contributed by atoms with Gasteiger partial charge in [-0.2, -0.15) is 0 Å². The number of piperidine rings is 1. The molecule has 2 aliphatic rings. The van der Waals surface area contributed by atoms with Gasteiger partial charge in [-0.1, -0.05) is 44.2 Å². The molecule has 3 rings (SSSR count). The van der Waals surface area contributed by atoms with E-state index in [4.69, 9.17) is 0 Å². The zero-order valence-corrected chi connectivity index (χ0v) is 18.9. The number of rotatable bonds is 8. The molecule has 1 unspecified atom stereocenters. The first-order valence-electron chi connectivity index (χ1n) is 11.4. The molecule has 30 heavy (non-hydrogen) atoms. The van der Waals surface area contributed by atoms with Crippen molar-refractivity contribution in [2.24, 2.45) is 11.8 Å². The Balaban J connectivity index is 1.62. The number of likely N-dealkylation sites (N-methyl/N-ethyl adjacent to an activating group) is 1. The minimum absolute atomic E-state index is 0.0577. The SMILES string of the molecule is CNC(C)C(=O)N[C@H](C(=O)N1CC[C@@H]2CCN(CCc3ccccc3)C[C@@H]21)C(C)C. The molecule has 166 valence electrons. The van der Waals surface area contributed by atoms with Crippen LogP contribution in [0.5, 0.6) is 0 Å². The first-order valence-corrected chi connectivity index (χ1v) is 11.4. The van der Waals surface area contributed by atoms with Gasteiger partial charge in [-0.3, -0.25) is 9.59 Å². The summed E-state index contributed by atoms with van der Waals surface area (Å²) in [6.07, 6.45) is 3.27. The van der Waals surface area contributed by atoms with Gasteiger partial charge in [0, 0.05) is 25.7 Å². The molecule has 2 saturated heterocycles. The molecule has 0 spiro atoms. The number of likely N-dealkylation sites (tertiary alicyclic amines) is 2. The van der Waals surface area contributed by atoms with Gasteiger partial charge in [0.25, 0.3) is 0 Å². The number of carbonyl (C=O) groups is 2. The summed E-state index contributed by atoms with van der Waals surface area (Å²) in [6.45, 7) is 9.71. The van der Waals surface area contributed by atoms with Gasteiger partial charge < -0.3 is 20.4 Å². The van der Waals surface area contributed by atoms with Gasteiger partial charge in [0.05, 0.1) is 6.04 Å². The number of hydrogen-bond acceptors (Lipinski definition) is 4. The highest BCUT2D eigenvalue weighted by Crippen LogP contribution is 2.32. The van der Waals surface area contributed by atoms with Crippen molar-refractivity contribution in [3.05, 3.63) is 35.9 Å². The third kappa shape index (κ3) is 5.41. The summed E-state index contributed by atoms with van der Waals surface area (Å²) in [4.78, 5) is 30.4. The molecule has 0 bridgehead atoms. The Morgan fingerprint density at radius 2 is 1.80 bits per heavy atom. The topological polar surface area (TPSA) is 64.7 Å². The second kappa shape index (κ2) is 10.4. The Labute approximate surface area is 181 Å². The van der Waals surface area contributed by atoms with Crippen molar-refractivity contribution in [3.63, 3.8) is 0 Å². The van der Waals surface area contributed by atoms with Crippen LogP contribution in [0.1, 0.15) is 39.2 Å². The van der Waals surface area contributed by atoms with E-state index in [-0.39, 0.29) is 29.8 Å². The molecule has 2 N–H and O–H groups in total. The minimum Gasteiger partial charge on any atom is -0.343 e. The van der Waals surface area contributed by atoms with Crippen LogP contribution in [-0.2, 0) is 16.0 Å². The predicted octanol–water partition coefficient (Wildman–Crippen LogP) is 1.90. The van der Waals surface area contributed by atoms with Crippen LogP contribution in [0.4, 0.5) is 0 Å². The normalized spacial score (nSPS) is 23.8. The molecule has 0 radical (unpaired) electrons. The van der Waals surface area contributed by atoms with Gasteiger partial charge in [0.2, 0.25) is 11.8 Å². The van der Waals surface area contributed by atoms with Crippen LogP contribution in [-0.4, -0.2) is 73.0 Å². The maximum atomic E-state index is 13.4. The number of hydrogen-bond donors (Lipinski definition) is 2. The molecule has 4 atom stereocenters. The van der Waals surface area contributed by atoms with Crippen LogP contribution in [0.3, 0.4) is 0 Å². The molecule has 1 aromatic carbocycles. The molecular weight excluding hydrogens is 376 g/mol. The van der Waals surface area contributed by atoms with Crippen molar-refractivity contribution in [1.29, 1.82) is 0 Å². The molecule has 0 aromatic heterocycles. The lowest BCUT2D eigenvalue weighted by atomic mass is 9.91. The Morgan fingerprint density at radius 1 is 1.10 bits per heavy atom. The van der Waals surface area contributed by atoms with Crippen molar-refractivity contribution >= 4 is 11.8 Å². The van der Waals surface area contributed by atoms with E-state index in [0.29, 0.717) is 5.92 Å². The van der Waals surface area contributed by atoms with Crippen molar-refractivity contribution < 1.29 is 9.59 Å². The fraction of sp³-hybridized carbons (Fsp3) is 0.667. The number of carbonyl (C=O) groups excluding carboxylic acids is 2. The maximum absolute atomic E-state index is 13.4. The van der Waals surface area contributed by atoms with E-state index in [1.165, 1.54) is 5.56 Å². The summed E-state index contributed by atoms with van der Waals surface area (Å²) in [7, 11) is 1.76. The van der Waals surface area contributed by atoms with Gasteiger partial charge in [-0.05, 0) is 57.2 Å². The molecular formula is C24H38N4O2. The first-order chi connectivity index (χ1) is 14.4. The maximum Gasteiger partial charge on any atom is 0.245 e. The first kappa shape index (κ1) is 22.8. The lowest BCUT2D eigenvalue weighted by Crippen LogP contribution is -2.58. The number of nitrogens with zero attached hydrogens (tertiary/aromatic N) is 2. The van der Waals surface area contributed by atoms with E-state index < -0.39 is 6.04 Å². The summed E-state index contributed by atoms with van der Waals surface area (Å²) in [6, 6.07) is 10.1. The van der Waals surface area contributed by atoms with Crippen LogP contribution in [0.15, 0.2) is 30.3 Å². The second-order valence-corrected chi connectivity index (χ2v) is 9.21. The Hall–Kier alpha value is -1.92. The zero-order valence-electron chi connectivity index (χ0n) is 18.9. The Bertz CT molecular complexity index is 708. The lowest BCUT2D eigenvalue weighted by molar-refractivity contribution is -0.139. The van der Waals surface area contributed by atoms with E-state index in [2.05, 4.69) is 50.8 Å². The van der Waals surface area contributed by atoms with Crippen molar-refractivity contribution in [3.8, 4) is 0 Å². The van der Waals surface area contributed by atoms with Gasteiger partial charge in [-0.15, -0.1) is 0 Å². The van der Waals surface area contributed by atoms with Gasteiger partial charge in [0.15, 0.2) is 0 Å². The number of benzene rings is 1. The van der Waals surface area contributed by atoms with Crippen LogP contribution < -0.4 is 10.6 Å². The molecule has 2 fully saturated rings. The molecule has 6 nitrogen and oxygen atoms in total. The summed E-state index contributed by atoms with van der Waals surface area (Å²) >= 11 is 0. The fourth-order valence-electron chi connectivity index (χ4n) is 4.72. The minimum atomic E-state index is -0.466. The highest BCUT2D eigenvalue weighted by Gasteiger charge is 2.43. The molecule has 6 heteroatoms. The number of nitrogens with one attached hydrogen (secondary N) is 2. The summed E-state index contributed by atoms with van der Waals surface area (Å²) in [5.74, 6) is 0.608. The second-order valence-electron chi connectivity index (χ2n) is 9.21. The quantitative estimate of drug-likeness (QED) is 0.682. The molecule has 2 amide bonds. The highest BCUT2D eigenvalue weighted by molar-refractivity contribution is 5.90. The summed E-state index contributed by atoms with van der Waals surface area (Å²) < 4.78 is 0. The number of fused-ring (bicyclic) bond motifs is 1. The van der Waals surface area contributed by atoms with Crippen LogP contribution >= 0.6 is 0 Å². The third-order valence-electron chi connectivity index (χ3n) is 6.85. The smallest absolute Gasteiger partial charge is 0.245 e. The Kier molecular flexibility index (Phi) is 7.89. The van der Waals surface area contributed by atoms with Gasteiger partial charge in [0.1, 0.15) is 6.04 Å². The fourth-order valence-corrected chi connectivity index (χ4v) is 4.72.